The van der Waals surface area contributed by atoms with Crippen LogP contribution in [0.3, 0.4) is 0 Å². The summed E-state index contributed by atoms with van der Waals surface area (Å²) in [6.07, 6.45) is -0.819. The fourth-order valence-corrected chi connectivity index (χ4v) is 4.26. The van der Waals surface area contributed by atoms with Crippen LogP contribution in [-0.4, -0.2) is 17.1 Å². The highest BCUT2D eigenvalue weighted by atomic mass is 19.3. The second-order valence-electron chi connectivity index (χ2n) is 7.70. The quantitative estimate of drug-likeness (QED) is 0.786. The third-order valence-electron chi connectivity index (χ3n) is 5.72. The molecule has 0 saturated carbocycles. The van der Waals surface area contributed by atoms with Gasteiger partial charge < -0.3 is 4.90 Å². The average molecular weight is 308 g/mol. The number of fused-ring (bicyclic) bond motifs is 3. The van der Waals surface area contributed by atoms with Crippen LogP contribution in [0.1, 0.15) is 70.3 Å². The molecule has 1 fully saturated rings. The topological polar surface area (TPSA) is 16.1 Å². The molecular weight excluding hydrogens is 282 g/mol. The van der Waals surface area contributed by atoms with Crippen molar-refractivity contribution in [2.45, 2.75) is 65.3 Å². The molecule has 3 rings (SSSR count). The number of rotatable bonds is 3. The van der Waals surface area contributed by atoms with Crippen LogP contribution in [-0.2, 0) is 6.42 Å². The minimum Gasteiger partial charge on any atom is -0.365 e. The molecular formula is C18H26F2N2. The van der Waals surface area contributed by atoms with E-state index in [4.69, 9.17) is 0 Å². The first kappa shape index (κ1) is 15.7. The molecule has 2 aliphatic rings. The van der Waals surface area contributed by atoms with Crippen LogP contribution in [0.15, 0.2) is 6.07 Å². The van der Waals surface area contributed by atoms with Gasteiger partial charge in [0.25, 0.3) is 6.43 Å². The number of hydrogen-bond acceptors (Lipinski definition) is 2. The van der Waals surface area contributed by atoms with Crippen LogP contribution in [0.4, 0.5) is 14.5 Å². The van der Waals surface area contributed by atoms with E-state index in [-0.39, 0.29) is 17.2 Å². The van der Waals surface area contributed by atoms with Gasteiger partial charge in [0.2, 0.25) is 0 Å². The SMILES string of the molecule is CC(C)c1cc2c(c(C(F)F)n1)CCC1(C)C(C(C)C)CN21. The number of alkyl halides is 2. The standard InChI is InChI=1S/C18H26F2N2/c1-10(2)13-9-22-15-8-14(11(3)4)21-16(17(19)20)12(15)6-7-18(13,22)5/h8,10-11,13,17H,6-7,9H2,1-5H3. The van der Waals surface area contributed by atoms with Gasteiger partial charge in [0.1, 0.15) is 5.69 Å². The summed E-state index contributed by atoms with van der Waals surface area (Å²) in [6, 6.07) is 2.06. The van der Waals surface area contributed by atoms with Crippen LogP contribution < -0.4 is 4.90 Å². The molecule has 4 heteroatoms. The van der Waals surface area contributed by atoms with Gasteiger partial charge in [-0.05, 0) is 37.7 Å². The zero-order valence-corrected chi connectivity index (χ0v) is 14.2. The van der Waals surface area contributed by atoms with Crippen LogP contribution >= 0.6 is 0 Å². The predicted octanol–water partition coefficient (Wildman–Crippen LogP) is 4.94. The molecule has 0 spiro atoms. The summed E-state index contributed by atoms with van der Waals surface area (Å²) in [4.78, 5) is 6.63. The lowest BCUT2D eigenvalue weighted by Gasteiger charge is -2.63. The van der Waals surface area contributed by atoms with E-state index in [0.717, 1.165) is 36.3 Å². The molecule has 2 atom stereocenters. The second kappa shape index (κ2) is 5.17. The first-order valence-corrected chi connectivity index (χ1v) is 8.35. The molecule has 2 unspecified atom stereocenters. The molecule has 22 heavy (non-hydrogen) atoms. The van der Waals surface area contributed by atoms with Gasteiger partial charge in [0.05, 0.1) is 0 Å². The number of pyridine rings is 1. The predicted molar refractivity (Wildman–Crippen MR) is 85.7 cm³/mol. The minimum atomic E-state index is -2.49. The molecule has 0 N–H and O–H groups in total. The fourth-order valence-electron chi connectivity index (χ4n) is 4.26. The van der Waals surface area contributed by atoms with Crippen molar-refractivity contribution in [1.82, 2.24) is 4.98 Å². The van der Waals surface area contributed by atoms with Gasteiger partial charge in [0.15, 0.2) is 0 Å². The Morgan fingerprint density at radius 2 is 1.95 bits per heavy atom. The van der Waals surface area contributed by atoms with E-state index in [2.05, 4.69) is 36.7 Å². The average Bonchev–Trinajstić information content (AvgIpc) is 2.41. The molecule has 1 saturated heterocycles. The van der Waals surface area contributed by atoms with Crippen LogP contribution in [0.25, 0.3) is 0 Å². The molecule has 2 aliphatic heterocycles. The van der Waals surface area contributed by atoms with Crippen LogP contribution in [0.2, 0.25) is 0 Å². The van der Waals surface area contributed by atoms with Crippen molar-refractivity contribution in [3.8, 4) is 0 Å². The Labute approximate surface area is 131 Å². The number of halogens is 2. The summed E-state index contributed by atoms with van der Waals surface area (Å²) in [5, 5.41) is 0. The van der Waals surface area contributed by atoms with Crippen molar-refractivity contribution in [3.63, 3.8) is 0 Å². The van der Waals surface area contributed by atoms with Crippen LogP contribution in [0.5, 0.6) is 0 Å². The van der Waals surface area contributed by atoms with Crippen molar-refractivity contribution in [3.05, 3.63) is 23.0 Å². The van der Waals surface area contributed by atoms with Crippen molar-refractivity contribution in [2.75, 3.05) is 11.4 Å². The molecule has 0 aromatic carbocycles. The molecule has 122 valence electrons. The first-order chi connectivity index (χ1) is 10.3. The lowest BCUT2D eigenvalue weighted by molar-refractivity contribution is 0.107. The van der Waals surface area contributed by atoms with E-state index in [9.17, 15) is 8.78 Å². The highest BCUT2D eigenvalue weighted by molar-refractivity contribution is 5.63. The summed E-state index contributed by atoms with van der Waals surface area (Å²) >= 11 is 0. The van der Waals surface area contributed by atoms with Gasteiger partial charge >= 0.3 is 0 Å². The third kappa shape index (κ3) is 2.14. The van der Waals surface area contributed by atoms with Gasteiger partial charge in [-0.25, -0.2) is 8.78 Å². The minimum absolute atomic E-state index is 0.0104. The second-order valence-corrected chi connectivity index (χ2v) is 7.70. The van der Waals surface area contributed by atoms with Gasteiger partial charge in [-0.1, -0.05) is 27.7 Å². The summed E-state index contributed by atoms with van der Waals surface area (Å²) in [7, 11) is 0. The van der Waals surface area contributed by atoms with Crippen molar-refractivity contribution in [1.29, 1.82) is 0 Å². The normalized spacial score (nSPS) is 27.2. The monoisotopic (exact) mass is 308 g/mol. The molecule has 1 aromatic rings. The molecule has 0 aliphatic carbocycles. The van der Waals surface area contributed by atoms with Crippen molar-refractivity contribution < 1.29 is 8.78 Å². The van der Waals surface area contributed by atoms with E-state index in [1.165, 1.54) is 0 Å². The van der Waals surface area contributed by atoms with Crippen molar-refractivity contribution in [2.24, 2.45) is 11.8 Å². The largest absolute Gasteiger partial charge is 0.365 e. The number of hydrogen-bond donors (Lipinski definition) is 0. The maximum atomic E-state index is 13.5. The van der Waals surface area contributed by atoms with Gasteiger partial charge in [-0.15, -0.1) is 0 Å². The zero-order chi connectivity index (χ0) is 16.2. The van der Waals surface area contributed by atoms with Gasteiger partial charge in [0, 0.05) is 34.9 Å². The van der Waals surface area contributed by atoms with E-state index < -0.39 is 6.43 Å². The van der Waals surface area contributed by atoms with E-state index in [0.29, 0.717) is 11.8 Å². The number of nitrogens with zero attached hydrogens (tertiary/aromatic N) is 2. The summed E-state index contributed by atoms with van der Waals surface area (Å²) in [5.74, 6) is 1.44. The summed E-state index contributed by atoms with van der Waals surface area (Å²) in [6.45, 7) is 11.8. The molecule has 0 amide bonds. The summed E-state index contributed by atoms with van der Waals surface area (Å²) in [5.41, 5.74) is 2.71. The number of aromatic nitrogens is 1. The Kier molecular flexibility index (Phi) is 3.69. The lowest BCUT2D eigenvalue weighted by Crippen LogP contribution is -2.69. The van der Waals surface area contributed by atoms with Gasteiger partial charge in [-0.3, -0.25) is 4.98 Å². The molecule has 0 radical (unpaired) electrons. The number of anilines is 1. The Bertz CT molecular complexity index is 583. The highest BCUT2D eigenvalue weighted by Gasteiger charge is 2.53. The lowest BCUT2D eigenvalue weighted by atomic mass is 9.64. The molecule has 1 aromatic heterocycles. The Morgan fingerprint density at radius 1 is 1.27 bits per heavy atom. The zero-order valence-electron chi connectivity index (χ0n) is 14.2. The maximum Gasteiger partial charge on any atom is 0.280 e. The van der Waals surface area contributed by atoms with Crippen molar-refractivity contribution >= 4 is 5.69 Å². The Hall–Kier alpha value is -1.19. The smallest absolute Gasteiger partial charge is 0.280 e. The van der Waals surface area contributed by atoms with E-state index in [1.807, 2.05) is 13.8 Å². The van der Waals surface area contributed by atoms with Crippen LogP contribution in [0, 0.1) is 11.8 Å². The molecule has 2 nitrogen and oxygen atoms in total. The summed E-state index contributed by atoms with van der Waals surface area (Å²) < 4.78 is 26.9. The van der Waals surface area contributed by atoms with Gasteiger partial charge in [-0.2, -0.15) is 0 Å². The first-order valence-electron chi connectivity index (χ1n) is 8.35. The Balaban J connectivity index is 2.07. The third-order valence-corrected chi connectivity index (χ3v) is 5.72. The van der Waals surface area contributed by atoms with E-state index >= 15 is 0 Å². The van der Waals surface area contributed by atoms with E-state index in [1.54, 1.807) is 0 Å². The highest BCUT2D eigenvalue weighted by Crippen LogP contribution is 2.52. The maximum absolute atomic E-state index is 13.5. The molecule has 0 bridgehead atoms. The molecule has 3 heterocycles. The fraction of sp³-hybridized carbons (Fsp3) is 0.722. The Morgan fingerprint density at radius 3 is 2.50 bits per heavy atom.